The van der Waals surface area contributed by atoms with Gasteiger partial charge < -0.3 is 5.73 Å². The van der Waals surface area contributed by atoms with Crippen molar-refractivity contribution in [3.8, 4) is 0 Å². The first kappa shape index (κ1) is 8.69. The molecule has 1 atom stereocenters. The van der Waals surface area contributed by atoms with Crippen molar-refractivity contribution in [2.45, 2.75) is 31.7 Å². The van der Waals surface area contributed by atoms with E-state index in [1.165, 1.54) is 18.5 Å². The second-order valence-electron chi connectivity index (χ2n) is 3.89. The van der Waals surface area contributed by atoms with E-state index in [9.17, 15) is 0 Å². The van der Waals surface area contributed by atoms with Crippen LogP contribution >= 0.6 is 0 Å². The lowest BCUT2D eigenvalue weighted by molar-refractivity contribution is 0.536. The highest BCUT2D eigenvalue weighted by Gasteiger charge is 2.28. The molecule has 0 spiro atoms. The SMILES string of the molecule is Cn1nncc1CCC(N)C1CC1. The Hall–Kier alpha value is -0.900. The number of nitrogens with zero attached hydrogens (tertiary/aromatic N) is 3. The molecule has 0 amide bonds. The third-order valence-corrected chi connectivity index (χ3v) is 2.77. The minimum absolute atomic E-state index is 0.384. The molecule has 1 aliphatic rings. The highest BCUT2D eigenvalue weighted by molar-refractivity contribution is 4.95. The van der Waals surface area contributed by atoms with Crippen molar-refractivity contribution in [3.05, 3.63) is 11.9 Å². The zero-order valence-electron chi connectivity index (χ0n) is 7.98. The molecular formula is C9H16N4. The Kier molecular flexibility index (Phi) is 2.31. The van der Waals surface area contributed by atoms with Crippen LogP contribution in [0.5, 0.6) is 0 Å². The zero-order chi connectivity index (χ0) is 9.26. The van der Waals surface area contributed by atoms with E-state index < -0.39 is 0 Å². The van der Waals surface area contributed by atoms with Crippen LogP contribution in [0.4, 0.5) is 0 Å². The Bertz CT molecular complexity index is 277. The largest absolute Gasteiger partial charge is 0.327 e. The number of rotatable bonds is 4. The van der Waals surface area contributed by atoms with Crippen LogP contribution in [0, 0.1) is 5.92 Å². The van der Waals surface area contributed by atoms with E-state index >= 15 is 0 Å². The summed E-state index contributed by atoms with van der Waals surface area (Å²) in [7, 11) is 1.92. The second kappa shape index (κ2) is 3.46. The van der Waals surface area contributed by atoms with Crippen LogP contribution in [0.1, 0.15) is 25.0 Å². The fourth-order valence-corrected chi connectivity index (χ4v) is 1.61. The first-order valence-corrected chi connectivity index (χ1v) is 4.86. The Morgan fingerprint density at radius 1 is 1.69 bits per heavy atom. The quantitative estimate of drug-likeness (QED) is 0.733. The van der Waals surface area contributed by atoms with Crippen LogP contribution in [-0.2, 0) is 13.5 Å². The molecular weight excluding hydrogens is 164 g/mol. The lowest BCUT2D eigenvalue weighted by atomic mass is 10.1. The van der Waals surface area contributed by atoms with Gasteiger partial charge in [0.25, 0.3) is 0 Å². The summed E-state index contributed by atoms with van der Waals surface area (Å²) in [6.45, 7) is 0. The molecule has 0 aromatic carbocycles. The molecule has 0 aliphatic heterocycles. The van der Waals surface area contributed by atoms with Crippen molar-refractivity contribution in [1.82, 2.24) is 15.0 Å². The van der Waals surface area contributed by atoms with E-state index in [2.05, 4.69) is 10.3 Å². The van der Waals surface area contributed by atoms with Crippen molar-refractivity contribution in [2.24, 2.45) is 18.7 Å². The molecule has 1 aliphatic carbocycles. The van der Waals surface area contributed by atoms with Gasteiger partial charge >= 0.3 is 0 Å². The van der Waals surface area contributed by atoms with Gasteiger partial charge in [-0.05, 0) is 31.6 Å². The Labute approximate surface area is 78.1 Å². The molecule has 1 aromatic rings. The van der Waals surface area contributed by atoms with Crippen LogP contribution in [0.25, 0.3) is 0 Å². The first-order valence-electron chi connectivity index (χ1n) is 4.86. The van der Waals surface area contributed by atoms with Crippen molar-refractivity contribution >= 4 is 0 Å². The summed E-state index contributed by atoms with van der Waals surface area (Å²) in [5.41, 5.74) is 7.17. The first-order chi connectivity index (χ1) is 6.27. The Balaban J connectivity index is 1.81. The van der Waals surface area contributed by atoms with Gasteiger partial charge in [0, 0.05) is 13.1 Å². The minimum atomic E-state index is 0.384. The normalized spacial score (nSPS) is 18.9. The fraction of sp³-hybridized carbons (Fsp3) is 0.778. The third kappa shape index (κ3) is 2.06. The molecule has 2 N–H and O–H groups in total. The maximum absolute atomic E-state index is 6.00. The van der Waals surface area contributed by atoms with Crippen molar-refractivity contribution in [2.75, 3.05) is 0 Å². The lowest BCUT2D eigenvalue weighted by Gasteiger charge is -2.08. The molecule has 1 heterocycles. The summed E-state index contributed by atoms with van der Waals surface area (Å²) in [5.74, 6) is 0.793. The third-order valence-electron chi connectivity index (χ3n) is 2.77. The van der Waals surface area contributed by atoms with Gasteiger partial charge in [-0.25, -0.2) is 0 Å². The molecule has 4 heteroatoms. The van der Waals surface area contributed by atoms with Crippen LogP contribution in [0.2, 0.25) is 0 Å². The summed E-state index contributed by atoms with van der Waals surface area (Å²) in [6.07, 6.45) is 6.53. The zero-order valence-corrected chi connectivity index (χ0v) is 7.98. The highest BCUT2D eigenvalue weighted by atomic mass is 15.4. The van der Waals surface area contributed by atoms with Crippen LogP contribution in [-0.4, -0.2) is 21.0 Å². The summed E-state index contributed by atoms with van der Waals surface area (Å²) in [5, 5.41) is 7.71. The van der Waals surface area contributed by atoms with E-state index in [1.54, 1.807) is 0 Å². The van der Waals surface area contributed by atoms with Crippen molar-refractivity contribution in [1.29, 1.82) is 0 Å². The van der Waals surface area contributed by atoms with E-state index in [4.69, 9.17) is 5.73 Å². The monoisotopic (exact) mass is 180 g/mol. The highest BCUT2D eigenvalue weighted by Crippen LogP contribution is 2.33. The fourth-order valence-electron chi connectivity index (χ4n) is 1.61. The predicted octanol–water partition coefficient (Wildman–Crippen LogP) is 0.485. The van der Waals surface area contributed by atoms with Crippen molar-refractivity contribution in [3.63, 3.8) is 0 Å². The molecule has 72 valence electrons. The summed E-state index contributed by atoms with van der Waals surface area (Å²) >= 11 is 0. The van der Waals surface area contributed by atoms with Gasteiger partial charge in [0.2, 0.25) is 0 Å². The van der Waals surface area contributed by atoms with Crippen LogP contribution < -0.4 is 5.73 Å². The maximum Gasteiger partial charge on any atom is 0.0724 e. The van der Waals surface area contributed by atoms with E-state index in [0.29, 0.717) is 6.04 Å². The summed E-state index contributed by atoms with van der Waals surface area (Å²) in [4.78, 5) is 0. The smallest absolute Gasteiger partial charge is 0.0724 e. The van der Waals surface area contributed by atoms with E-state index in [0.717, 1.165) is 18.8 Å². The second-order valence-corrected chi connectivity index (χ2v) is 3.89. The van der Waals surface area contributed by atoms with Gasteiger partial charge in [0.1, 0.15) is 0 Å². The molecule has 1 saturated carbocycles. The average molecular weight is 180 g/mol. The molecule has 0 bridgehead atoms. The molecule has 13 heavy (non-hydrogen) atoms. The Morgan fingerprint density at radius 3 is 3.00 bits per heavy atom. The standard InChI is InChI=1S/C9H16N4/c1-13-8(6-11-12-13)4-5-9(10)7-2-3-7/h6-7,9H,2-5,10H2,1H3. The minimum Gasteiger partial charge on any atom is -0.327 e. The molecule has 1 fully saturated rings. The van der Waals surface area contributed by atoms with Gasteiger partial charge in [-0.3, -0.25) is 4.68 Å². The molecule has 2 rings (SSSR count). The maximum atomic E-state index is 6.00. The number of aryl methyl sites for hydroxylation is 2. The molecule has 0 radical (unpaired) electrons. The van der Waals surface area contributed by atoms with Crippen LogP contribution in [0.3, 0.4) is 0 Å². The molecule has 0 saturated heterocycles. The van der Waals surface area contributed by atoms with Crippen LogP contribution in [0.15, 0.2) is 6.20 Å². The van der Waals surface area contributed by atoms with Gasteiger partial charge in [-0.2, -0.15) is 0 Å². The number of hydrogen-bond donors (Lipinski definition) is 1. The van der Waals surface area contributed by atoms with Gasteiger partial charge in [-0.1, -0.05) is 5.21 Å². The number of hydrogen-bond acceptors (Lipinski definition) is 3. The molecule has 4 nitrogen and oxygen atoms in total. The lowest BCUT2D eigenvalue weighted by Crippen LogP contribution is -2.23. The van der Waals surface area contributed by atoms with Gasteiger partial charge in [0.15, 0.2) is 0 Å². The van der Waals surface area contributed by atoms with E-state index in [1.807, 2.05) is 17.9 Å². The predicted molar refractivity (Wildman–Crippen MR) is 50.0 cm³/mol. The van der Waals surface area contributed by atoms with Crippen molar-refractivity contribution < 1.29 is 0 Å². The molecule has 1 aromatic heterocycles. The summed E-state index contributed by atoms with van der Waals surface area (Å²) < 4.78 is 1.82. The number of aromatic nitrogens is 3. The number of nitrogens with two attached hydrogens (primary N) is 1. The molecule has 1 unspecified atom stereocenters. The average Bonchev–Trinajstić information content (AvgIpc) is 2.88. The van der Waals surface area contributed by atoms with Gasteiger partial charge in [0.05, 0.1) is 11.9 Å². The summed E-state index contributed by atoms with van der Waals surface area (Å²) in [6, 6.07) is 0.384. The van der Waals surface area contributed by atoms with Gasteiger partial charge in [-0.15, -0.1) is 5.10 Å². The Morgan fingerprint density at radius 2 is 2.46 bits per heavy atom. The van der Waals surface area contributed by atoms with E-state index in [-0.39, 0.29) is 0 Å². The topological polar surface area (TPSA) is 56.7 Å².